The van der Waals surface area contributed by atoms with Crippen molar-refractivity contribution in [3.63, 3.8) is 0 Å². The van der Waals surface area contributed by atoms with E-state index in [4.69, 9.17) is 9.47 Å². The van der Waals surface area contributed by atoms with Gasteiger partial charge in [0.25, 0.3) is 0 Å². The van der Waals surface area contributed by atoms with Crippen molar-refractivity contribution in [2.24, 2.45) is 0 Å². The number of nitrogens with one attached hydrogen (secondary N) is 1. The number of fused-ring (bicyclic) bond motifs is 2. The Morgan fingerprint density at radius 3 is 2.55 bits per heavy atom. The molecule has 0 radical (unpaired) electrons. The Kier molecular flexibility index (Phi) is 2.29. The monoisotopic (exact) mass is 265 g/mol. The van der Waals surface area contributed by atoms with Gasteiger partial charge in [-0.25, -0.2) is 0 Å². The predicted molar refractivity (Wildman–Crippen MR) is 76.1 cm³/mol. The summed E-state index contributed by atoms with van der Waals surface area (Å²) in [4.78, 5) is 14.2. The van der Waals surface area contributed by atoms with Crippen molar-refractivity contribution in [2.75, 3.05) is 6.79 Å². The molecule has 0 atom stereocenters. The zero-order valence-electron chi connectivity index (χ0n) is 10.6. The van der Waals surface area contributed by atoms with Crippen LogP contribution in [0.4, 0.5) is 0 Å². The largest absolute Gasteiger partial charge is 0.454 e. The number of hydrogen-bond acceptors (Lipinski definition) is 3. The van der Waals surface area contributed by atoms with Crippen LogP contribution in [0.15, 0.2) is 53.3 Å². The molecule has 0 amide bonds. The third-order valence-electron chi connectivity index (χ3n) is 3.43. The molecule has 2 heterocycles. The standard InChI is InChI=1S/C16H11NO3/c18-16-6-4-10-1-2-11(7-13(10)17-16)12-3-5-14-15(8-12)20-9-19-14/h1-8H,9H2,(H,17,18). The van der Waals surface area contributed by atoms with Crippen molar-refractivity contribution in [2.45, 2.75) is 0 Å². The molecule has 3 aromatic rings. The molecule has 4 nitrogen and oxygen atoms in total. The minimum absolute atomic E-state index is 0.0969. The first-order valence-corrected chi connectivity index (χ1v) is 6.33. The second kappa shape index (κ2) is 4.13. The van der Waals surface area contributed by atoms with Crippen molar-refractivity contribution in [1.29, 1.82) is 0 Å². The van der Waals surface area contributed by atoms with E-state index in [1.54, 1.807) is 0 Å². The van der Waals surface area contributed by atoms with E-state index in [1.165, 1.54) is 6.07 Å². The summed E-state index contributed by atoms with van der Waals surface area (Å²) in [6.45, 7) is 0.268. The normalized spacial score (nSPS) is 12.8. The third-order valence-corrected chi connectivity index (χ3v) is 3.43. The third kappa shape index (κ3) is 1.73. The molecule has 0 bridgehead atoms. The van der Waals surface area contributed by atoms with E-state index in [0.29, 0.717) is 0 Å². The Bertz CT molecular complexity index is 867. The number of rotatable bonds is 1. The maximum absolute atomic E-state index is 11.4. The topological polar surface area (TPSA) is 51.3 Å². The van der Waals surface area contributed by atoms with E-state index in [0.717, 1.165) is 33.5 Å². The Morgan fingerprint density at radius 2 is 1.60 bits per heavy atom. The van der Waals surface area contributed by atoms with Gasteiger partial charge in [0.05, 0.1) is 0 Å². The average Bonchev–Trinajstić information content (AvgIpc) is 2.93. The molecule has 0 fully saturated rings. The molecule has 20 heavy (non-hydrogen) atoms. The summed E-state index contributed by atoms with van der Waals surface area (Å²) in [5.41, 5.74) is 2.78. The summed E-state index contributed by atoms with van der Waals surface area (Å²) in [7, 11) is 0. The zero-order valence-corrected chi connectivity index (χ0v) is 10.6. The van der Waals surface area contributed by atoms with Crippen LogP contribution in [0.3, 0.4) is 0 Å². The number of pyridine rings is 1. The Labute approximate surface area is 114 Å². The summed E-state index contributed by atoms with van der Waals surface area (Å²) in [6, 6.07) is 15.2. The second-order valence-corrected chi connectivity index (χ2v) is 4.69. The zero-order chi connectivity index (χ0) is 13.5. The van der Waals surface area contributed by atoms with Crippen molar-refractivity contribution in [3.8, 4) is 22.6 Å². The molecular weight excluding hydrogens is 254 g/mol. The van der Waals surface area contributed by atoms with Crippen LogP contribution < -0.4 is 15.0 Å². The molecule has 2 aromatic carbocycles. The summed E-state index contributed by atoms with van der Waals surface area (Å²) in [6.07, 6.45) is 0. The fourth-order valence-corrected chi connectivity index (χ4v) is 2.41. The predicted octanol–water partition coefficient (Wildman–Crippen LogP) is 2.92. The Hall–Kier alpha value is -2.75. The van der Waals surface area contributed by atoms with Crippen molar-refractivity contribution < 1.29 is 9.47 Å². The first-order chi connectivity index (χ1) is 9.79. The molecule has 0 aliphatic carbocycles. The summed E-state index contributed by atoms with van der Waals surface area (Å²) < 4.78 is 10.7. The maximum Gasteiger partial charge on any atom is 0.248 e. The lowest BCUT2D eigenvalue weighted by Gasteiger charge is -2.05. The van der Waals surface area contributed by atoms with Crippen LogP contribution in [0, 0.1) is 0 Å². The highest BCUT2D eigenvalue weighted by Gasteiger charge is 2.13. The van der Waals surface area contributed by atoms with E-state index in [9.17, 15) is 4.79 Å². The van der Waals surface area contributed by atoms with Gasteiger partial charge in [-0.05, 0) is 40.8 Å². The summed E-state index contributed by atoms with van der Waals surface area (Å²) >= 11 is 0. The lowest BCUT2D eigenvalue weighted by atomic mass is 10.0. The van der Waals surface area contributed by atoms with Gasteiger partial charge in [0.2, 0.25) is 12.4 Å². The molecular formula is C16H11NO3. The highest BCUT2D eigenvalue weighted by molar-refractivity contribution is 5.84. The molecule has 0 saturated heterocycles. The van der Waals surface area contributed by atoms with Crippen LogP contribution in [0.25, 0.3) is 22.0 Å². The Morgan fingerprint density at radius 1 is 0.850 bits per heavy atom. The van der Waals surface area contributed by atoms with Crippen LogP contribution in [-0.2, 0) is 0 Å². The van der Waals surface area contributed by atoms with Crippen LogP contribution in [-0.4, -0.2) is 11.8 Å². The van der Waals surface area contributed by atoms with Gasteiger partial charge in [-0.2, -0.15) is 0 Å². The lowest BCUT2D eigenvalue weighted by Crippen LogP contribution is -2.02. The highest BCUT2D eigenvalue weighted by atomic mass is 16.7. The molecule has 1 N–H and O–H groups in total. The van der Waals surface area contributed by atoms with Gasteiger partial charge in [0.1, 0.15) is 0 Å². The molecule has 0 unspecified atom stereocenters. The quantitative estimate of drug-likeness (QED) is 0.736. The molecule has 0 saturated carbocycles. The van der Waals surface area contributed by atoms with Crippen molar-refractivity contribution >= 4 is 10.9 Å². The molecule has 4 rings (SSSR count). The van der Waals surface area contributed by atoms with E-state index >= 15 is 0 Å². The maximum atomic E-state index is 11.4. The van der Waals surface area contributed by atoms with Gasteiger partial charge in [0, 0.05) is 11.6 Å². The summed E-state index contributed by atoms with van der Waals surface area (Å²) in [5, 5.41) is 1.01. The van der Waals surface area contributed by atoms with Crippen LogP contribution in [0.5, 0.6) is 11.5 Å². The smallest absolute Gasteiger partial charge is 0.248 e. The number of aromatic amines is 1. The minimum atomic E-state index is -0.0969. The number of aromatic nitrogens is 1. The molecule has 1 aliphatic heterocycles. The number of hydrogen-bond donors (Lipinski definition) is 1. The SMILES string of the molecule is O=c1ccc2ccc(-c3ccc4c(c3)OCO4)cc2[nH]1. The molecule has 1 aromatic heterocycles. The Balaban J connectivity index is 1.87. The van der Waals surface area contributed by atoms with E-state index < -0.39 is 0 Å². The average molecular weight is 265 g/mol. The van der Waals surface area contributed by atoms with Gasteiger partial charge in [-0.1, -0.05) is 18.2 Å². The van der Waals surface area contributed by atoms with E-state index in [1.807, 2.05) is 42.5 Å². The van der Waals surface area contributed by atoms with Crippen molar-refractivity contribution in [3.05, 3.63) is 58.9 Å². The molecule has 98 valence electrons. The summed E-state index contributed by atoms with van der Waals surface area (Å²) in [5.74, 6) is 1.52. The van der Waals surface area contributed by atoms with Crippen LogP contribution in [0.2, 0.25) is 0 Å². The number of H-pyrrole nitrogens is 1. The van der Waals surface area contributed by atoms with Gasteiger partial charge in [-0.3, -0.25) is 4.79 Å². The fourth-order valence-electron chi connectivity index (χ4n) is 2.41. The fraction of sp³-hybridized carbons (Fsp3) is 0.0625. The van der Waals surface area contributed by atoms with E-state index in [-0.39, 0.29) is 12.4 Å². The highest BCUT2D eigenvalue weighted by Crippen LogP contribution is 2.36. The number of ether oxygens (including phenoxy) is 2. The van der Waals surface area contributed by atoms with Crippen LogP contribution in [0.1, 0.15) is 0 Å². The van der Waals surface area contributed by atoms with E-state index in [2.05, 4.69) is 4.98 Å². The van der Waals surface area contributed by atoms with Crippen molar-refractivity contribution in [1.82, 2.24) is 4.98 Å². The second-order valence-electron chi connectivity index (χ2n) is 4.69. The first kappa shape index (κ1) is 11.1. The molecule has 1 aliphatic rings. The molecule has 4 heteroatoms. The van der Waals surface area contributed by atoms with Gasteiger partial charge >= 0.3 is 0 Å². The van der Waals surface area contributed by atoms with Gasteiger partial charge in [-0.15, -0.1) is 0 Å². The van der Waals surface area contributed by atoms with Crippen LogP contribution >= 0.6 is 0 Å². The molecule has 0 spiro atoms. The first-order valence-electron chi connectivity index (χ1n) is 6.33. The van der Waals surface area contributed by atoms with Gasteiger partial charge < -0.3 is 14.5 Å². The van der Waals surface area contributed by atoms with Gasteiger partial charge in [0.15, 0.2) is 11.5 Å². The lowest BCUT2D eigenvalue weighted by molar-refractivity contribution is 0.174. The number of benzene rings is 2. The minimum Gasteiger partial charge on any atom is -0.454 e.